The van der Waals surface area contributed by atoms with Crippen molar-refractivity contribution in [2.75, 3.05) is 26.2 Å². The number of aryl methyl sites for hydroxylation is 1. The number of imidazole rings is 1. The summed E-state index contributed by atoms with van der Waals surface area (Å²) in [5.41, 5.74) is 1.97. The minimum absolute atomic E-state index is 0.0787. The summed E-state index contributed by atoms with van der Waals surface area (Å²) in [5.74, 6) is 0.482. The first-order chi connectivity index (χ1) is 13.6. The Labute approximate surface area is 164 Å². The Kier molecular flexibility index (Phi) is 5.19. The minimum atomic E-state index is -0.0787. The summed E-state index contributed by atoms with van der Waals surface area (Å²) >= 11 is 0. The molecule has 0 bridgehead atoms. The Balaban J connectivity index is 1.34. The van der Waals surface area contributed by atoms with Crippen molar-refractivity contribution in [3.63, 3.8) is 0 Å². The van der Waals surface area contributed by atoms with Crippen molar-refractivity contribution in [1.82, 2.24) is 24.9 Å². The Bertz CT molecular complexity index is 821. The number of nitrogens with one attached hydrogen (secondary N) is 1. The van der Waals surface area contributed by atoms with Gasteiger partial charge < -0.3 is 19.3 Å². The van der Waals surface area contributed by atoms with Crippen LogP contribution in [0.1, 0.15) is 54.5 Å². The molecule has 8 nitrogen and oxygen atoms in total. The highest BCUT2D eigenvalue weighted by Gasteiger charge is 2.42. The van der Waals surface area contributed by atoms with Gasteiger partial charge in [-0.15, -0.1) is 0 Å². The van der Waals surface area contributed by atoms with Gasteiger partial charge in [-0.05, 0) is 31.1 Å². The Hall–Kier alpha value is -2.64. The highest BCUT2D eigenvalue weighted by Crippen LogP contribution is 2.40. The van der Waals surface area contributed by atoms with E-state index in [1.807, 2.05) is 22.9 Å². The van der Waals surface area contributed by atoms with Crippen molar-refractivity contribution in [3.05, 3.63) is 35.7 Å². The average molecular weight is 385 g/mol. The number of H-pyrrole nitrogens is 1. The first-order valence-corrected chi connectivity index (χ1v) is 10.1. The van der Waals surface area contributed by atoms with Crippen LogP contribution in [0.4, 0.5) is 0 Å². The van der Waals surface area contributed by atoms with Crippen LogP contribution in [0, 0.1) is 5.41 Å². The molecule has 2 aliphatic rings. The Morgan fingerprint density at radius 2 is 2.14 bits per heavy atom. The number of aromatic nitrogens is 3. The van der Waals surface area contributed by atoms with E-state index in [1.165, 1.54) is 0 Å². The van der Waals surface area contributed by atoms with Gasteiger partial charge in [-0.1, -0.05) is 12.1 Å². The second-order valence-electron chi connectivity index (χ2n) is 7.97. The largest absolute Gasteiger partial charge is 0.351 e. The number of amides is 2. The summed E-state index contributed by atoms with van der Waals surface area (Å²) in [6.45, 7) is 4.87. The lowest BCUT2D eigenvalue weighted by molar-refractivity contribution is -0.138. The average Bonchev–Trinajstić information content (AvgIpc) is 3.41. The number of carbonyl (C=O) groups is 2. The standard InChI is InChI=1S/C20H27N5O3/c1-2-15-11-17(28-23-15)19(27)24-9-6-20(7-10-24)5-3-18(26)25(13-20)8-4-16-12-21-14-22-16/h11-12,14H,2-10,13H2,1H3,(H,21,22). The second kappa shape index (κ2) is 7.77. The van der Waals surface area contributed by atoms with Crippen molar-refractivity contribution >= 4 is 11.8 Å². The van der Waals surface area contributed by atoms with E-state index >= 15 is 0 Å². The molecule has 0 aromatic carbocycles. The lowest BCUT2D eigenvalue weighted by Crippen LogP contribution is -2.52. The molecule has 0 atom stereocenters. The van der Waals surface area contributed by atoms with Crippen LogP contribution < -0.4 is 0 Å². The van der Waals surface area contributed by atoms with Crippen LogP contribution in [0.15, 0.2) is 23.1 Å². The number of aromatic amines is 1. The maximum absolute atomic E-state index is 12.7. The van der Waals surface area contributed by atoms with Crippen LogP contribution in [0.2, 0.25) is 0 Å². The van der Waals surface area contributed by atoms with E-state index in [4.69, 9.17) is 4.52 Å². The molecule has 2 aromatic rings. The van der Waals surface area contributed by atoms with Gasteiger partial charge in [0.2, 0.25) is 11.7 Å². The molecule has 1 N–H and O–H groups in total. The maximum Gasteiger partial charge on any atom is 0.292 e. The van der Waals surface area contributed by atoms with Crippen LogP contribution in [0.25, 0.3) is 0 Å². The number of piperidine rings is 2. The molecule has 28 heavy (non-hydrogen) atoms. The first-order valence-electron chi connectivity index (χ1n) is 10.1. The molecular weight excluding hydrogens is 358 g/mol. The zero-order valence-electron chi connectivity index (χ0n) is 16.3. The molecule has 0 unspecified atom stereocenters. The number of hydrogen-bond donors (Lipinski definition) is 1. The molecule has 4 rings (SSSR count). The summed E-state index contributed by atoms with van der Waals surface area (Å²) < 4.78 is 5.20. The van der Waals surface area contributed by atoms with Crippen LogP contribution in [0.5, 0.6) is 0 Å². The lowest BCUT2D eigenvalue weighted by Gasteiger charge is -2.47. The molecule has 2 aliphatic heterocycles. The number of hydrogen-bond acceptors (Lipinski definition) is 5. The van der Waals surface area contributed by atoms with E-state index in [9.17, 15) is 9.59 Å². The molecule has 2 amide bonds. The molecule has 150 valence electrons. The molecule has 8 heteroatoms. The van der Waals surface area contributed by atoms with Crippen molar-refractivity contribution in [2.24, 2.45) is 5.41 Å². The maximum atomic E-state index is 12.7. The topological polar surface area (TPSA) is 95.3 Å². The van der Waals surface area contributed by atoms with Gasteiger partial charge in [0, 0.05) is 57.0 Å². The van der Waals surface area contributed by atoms with Gasteiger partial charge in [-0.2, -0.15) is 0 Å². The molecule has 2 aromatic heterocycles. The molecular formula is C20H27N5O3. The van der Waals surface area contributed by atoms with Gasteiger partial charge >= 0.3 is 0 Å². The zero-order valence-corrected chi connectivity index (χ0v) is 16.3. The summed E-state index contributed by atoms with van der Waals surface area (Å²) in [5, 5.41) is 3.92. The first kappa shape index (κ1) is 18.7. The quantitative estimate of drug-likeness (QED) is 0.850. The van der Waals surface area contributed by atoms with E-state index < -0.39 is 0 Å². The smallest absolute Gasteiger partial charge is 0.292 e. The van der Waals surface area contributed by atoms with Gasteiger partial charge in [0.25, 0.3) is 5.91 Å². The van der Waals surface area contributed by atoms with Gasteiger partial charge in [0.05, 0.1) is 12.0 Å². The van der Waals surface area contributed by atoms with Crippen molar-refractivity contribution < 1.29 is 14.1 Å². The zero-order chi connectivity index (χ0) is 19.6. The summed E-state index contributed by atoms with van der Waals surface area (Å²) in [6.07, 6.45) is 8.36. The van der Waals surface area contributed by atoms with Crippen molar-refractivity contribution in [3.8, 4) is 0 Å². The fourth-order valence-electron chi connectivity index (χ4n) is 4.31. The third-order valence-electron chi connectivity index (χ3n) is 6.20. The van der Waals surface area contributed by atoms with E-state index in [2.05, 4.69) is 15.1 Å². The van der Waals surface area contributed by atoms with Gasteiger partial charge in [-0.25, -0.2) is 4.98 Å². The number of likely N-dealkylation sites (tertiary alicyclic amines) is 2. The SMILES string of the molecule is CCc1cc(C(=O)N2CCC3(CCC(=O)N(CCc4cnc[nH]4)C3)CC2)on1. The third-order valence-corrected chi connectivity index (χ3v) is 6.20. The molecule has 0 aliphatic carbocycles. The number of carbonyl (C=O) groups excluding carboxylic acids is 2. The number of nitrogens with zero attached hydrogens (tertiary/aromatic N) is 4. The minimum Gasteiger partial charge on any atom is -0.351 e. The van der Waals surface area contributed by atoms with Gasteiger partial charge in [0.15, 0.2) is 0 Å². The van der Waals surface area contributed by atoms with Crippen molar-refractivity contribution in [2.45, 2.75) is 45.4 Å². The molecule has 0 saturated carbocycles. The molecule has 1 spiro atoms. The molecule has 2 saturated heterocycles. The fourth-order valence-corrected chi connectivity index (χ4v) is 4.31. The molecule has 4 heterocycles. The van der Waals surface area contributed by atoms with Crippen molar-refractivity contribution in [1.29, 1.82) is 0 Å². The van der Waals surface area contributed by atoms with E-state index in [0.717, 1.165) is 50.0 Å². The highest BCUT2D eigenvalue weighted by atomic mass is 16.5. The van der Waals surface area contributed by atoms with Crippen LogP contribution in [0.3, 0.4) is 0 Å². The Morgan fingerprint density at radius 3 is 2.82 bits per heavy atom. The summed E-state index contributed by atoms with van der Waals surface area (Å²) in [7, 11) is 0. The van der Waals surface area contributed by atoms with E-state index in [-0.39, 0.29) is 17.2 Å². The Morgan fingerprint density at radius 1 is 1.32 bits per heavy atom. The predicted octanol–water partition coefficient (Wildman–Crippen LogP) is 2.05. The number of rotatable bonds is 5. The van der Waals surface area contributed by atoms with Crippen LogP contribution in [-0.2, 0) is 17.6 Å². The molecule has 0 radical (unpaired) electrons. The predicted molar refractivity (Wildman–Crippen MR) is 102 cm³/mol. The van der Waals surface area contributed by atoms with Gasteiger partial charge in [-0.3, -0.25) is 9.59 Å². The fraction of sp³-hybridized carbons (Fsp3) is 0.600. The highest BCUT2D eigenvalue weighted by molar-refractivity contribution is 5.91. The van der Waals surface area contributed by atoms with Crippen LogP contribution >= 0.6 is 0 Å². The van der Waals surface area contributed by atoms with E-state index in [0.29, 0.717) is 31.8 Å². The summed E-state index contributed by atoms with van der Waals surface area (Å²) in [4.78, 5) is 36.0. The van der Waals surface area contributed by atoms with Crippen LogP contribution in [-0.4, -0.2) is 62.9 Å². The van der Waals surface area contributed by atoms with Gasteiger partial charge in [0.1, 0.15) is 0 Å². The second-order valence-corrected chi connectivity index (χ2v) is 7.97. The lowest BCUT2D eigenvalue weighted by atomic mass is 9.72. The normalized spacial score (nSPS) is 19.4. The molecule has 2 fully saturated rings. The monoisotopic (exact) mass is 385 g/mol. The summed E-state index contributed by atoms with van der Waals surface area (Å²) in [6, 6.07) is 1.74. The third kappa shape index (κ3) is 3.81. The van der Waals surface area contributed by atoms with E-state index in [1.54, 1.807) is 12.4 Å².